The Morgan fingerprint density at radius 1 is 1.25 bits per heavy atom. The molecule has 0 bridgehead atoms. The molecule has 0 aliphatic rings. The Morgan fingerprint density at radius 2 is 2.05 bits per heavy atom. The van der Waals surface area contributed by atoms with E-state index in [0.717, 1.165) is 27.5 Å². The fraction of sp³-hybridized carbons (Fsp3) is 0.333. The van der Waals surface area contributed by atoms with Gasteiger partial charge in [-0.3, -0.25) is 0 Å². The van der Waals surface area contributed by atoms with Crippen molar-refractivity contribution in [2.24, 2.45) is 0 Å². The van der Waals surface area contributed by atoms with Crippen LogP contribution in [0.1, 0.15) is 32.5 Å². The largest absolute Gasteiger partial charge is 0.439 e. The maximum absolute atomic E-state index is 5.84. The highest BCUT2D eigenvalue weighted by molar-refractivity contribution is 14.1. The zero-order valence-electron chi connectivity index (χ0n) is 11.9. The third-order valence-electron chi connectivity index (χ3n) is 2.61. The lowest BCUT2D eigenvalue weighted by Gasteiger charge is -2.11. The summed E-state index contributed by atoms with van der Waals surface area (Å²) in [5.74, 6) is 3.19. The van der Waals surface area contributed by atoms with Crippen LogP contribution in [-0.2, 0) is 0 Å². The summed E-state index contributed by atoms with van der Waals surface area (Å²) < 4.78 is 6.97. The molecule has 1 aromatic heterocycles. The summed E-state index contributed by atoms with van der Waals surface area (Å²) in [7, 11) is 0. The maximum Gasteiger partial charge on any atom is 0.224 e. The molecule has 1 heterocycles. The number of anilines is 1. The molecule has 4 nitrogen and oxygen atoms in total. The van der Waals surface area contributed by atoms with Gasteiger partial charge in [-0.05, 0) is 47.7 Å². The molecular formula is C15H18IN3O. The Bertz CT molecular complexity index is 587. The fourth-order valence-electron chi connectivity index (χ4n) is 1.68. The molecule has 0 aliphatic heterocycles. The lowest BCUT2D eigenvalue weighted by Crippen LogP contribution is -2.05. The van der Waals surface area contributed by atoms with Crippen molar-refractivity contribution in [1.82, 2.24) is 9.97 Å². The van der Waals surface area contributed by atoms with E-state index in [1.165, 1.54) is 0 Å². The molecule has 2 aromatic rings. The van der Waals surface area contributed by atoms with E-state index in [9.17, 15) is 0 Å². The number of hydrogen-bond donors (Lipinski definition) is 1. The number of nitrogens with one attached hydrogen (secondary N) is 1. The van der Waals surface area contributed by atoms with Crippen molar-refractivity contribution in [3.63, 3.8) is 0 Å². The van der Waals surface area contributed by atoms with Gasteiger partial charge in [-0.15, -0.1) is 0 Å². The van der Waals surface area contributed by atoms with Crippen molar-refractivity contribution in [1.29, 1.82) is 0 Å². The van der Waals surface area contributed by atoms with Crippen LogP contribution in [0.3, 0.4) is 0 Å². The van der Waals surface area contributed by atoms with Crippen LogP contribution in [0.5, 0.6) is 11.6 Å². The lowest BCUT2D eigenvalue weighted by molar-refractivity contribution is 0.457. The highest BCUT2D eigenvalue weighted by Gasteiger charge is 2.09. The quantitative estimate of drug-likeness (QED) is 0.777. The van der Waals surface area contributed by atoms with Crippen molar-refractivity contribution < 1.29 is 4.74 Å². The number of hydrogen-bond acceptors (Lipinski definition) is 4. The molecule has 0 aliphatic carbocycles. The summed E-state index contributed by atoms with van der Waals surface area (Å²) >= 11 is 2.26. The number of nitrogens with zero attached hydrogens (tertiary/aromatic N) is 2. The van der Waals surface area contributed by atoms with Gasteiger partial charge in [-0.2, -0.15) is 4.98 Å². The standard InChI is InChI=1S/C15H18IN3O/c1-4-17-13-9-14(19-15(18-13)10(2)3)20-12-7-5-6-11(16)8-12/h5-10H,4H2,1-3H3,(H,17,18,19). The Hall–Kier alpha value is -1.37. The van der Waals surface area contributed by atoms with Gasteiger partial charge in [0.15, 0.2) is 0 Å². The van der Waals surface area contributed by atoms with E-state index >= 15 is 0 Å². The van der Waals surface area contributed by atoms with Crippen LogP contribution in [0.15, 0.2) is 30.3 Å². The summed E-state index contributed by atoms with van der Waals surface area (Å²) in [5.41, 5.74) is 0. The summed E-state index contributed by atoms with van der Waals surface area (Å²) in [6, 6.07) is 9.72. The van der Waals surface area contributed by atoms with Gasteiger partial charge < -0.3 is 10.1 Å². The molecule has 5 heteroatoms. The van der Waals surface area contributed by atoms with E-state index in [0.29, 0.717) is 5.88 Å². The highest BCUT2D eigenvalue weighted by Crippen LogP contribution is 2.24. The molecule has 0 unspecified atom stereocenters. The van der Waals surface area contributed by atoms with E-state index in [-0.39, 0.29) is 5.92 Å². The topological polar surface area (TPSA) is 47.0 Å². The Labute approximate surface area is 133 Å². The summed E-state index contributed by atoms with van der Waals surface area (Å²) in [5, 5.41) is 3.21. The first-order valence-corrected chi connectivity index (χ1v) is 7.72. The first-order chi connectivity index (χ1) is 9.58. The van der Waals surface area contributed by atoms with Crippen LogP contribution >= 0.6 is 22.6 Å². The predicted molar refractivity (Wildman–Crippen MR) is 89.5 cm³/mol. The zero-order valence-corrected chi connectivity index (χ0v) is 14.0. The van der Waals surface area contributed by atoms with Crippen molar-refractivity contribution >= 4 is 28.4 Å². The van der Waals surface area contributed by atoms with E-state index < -0.39 is 0 Å². The second-order valence-corrected chi connectivity index (χ2v) is 5.94. The Balaban J connectivity index is 2.30. The summed E-state index contributed by atoms with van der Waals surface area (Å²) in [6.07, 6.45) is 0. The van der Waals surface area contributed by atoms with Crippen molar-refractivity contribution in [3.8, 4) is 11.6 Å². The molecule has 0 spiro atoms. The first-order valence-electron chi connectivity index (χ1n) is 6.64. The number of benzene rings is 1. The van der Waals surface area contributed by atoms with E-state index in [2.05, 4.69) is 51.7 Å². The zero-order chi connectivity index (χ0) is 14.5. The van der Waals surface area contributed by atoms with Gasteiger partial charge in [0.25, 0.3) is 0 Å². The smallest absolute Gasteiger partial charge is 0.224 e. The molecular weight excluding hydrogens is 365 g/mol. The minimum Gasteiger partial charge on any atom is -0.439 e. The van der Waals surface area contributed by atoms with Crippen LogP contribution in [0.2, 0.25) is 0 Å². The number of halogens is 1. The summed E-state index contributed by atoms with van der Waals surface area (Å²) in [4.78, 5) is 8.94. The molecule has 0 saturated carbocycles. The molecule has 20 heavy (non-hydrogen) atoms. The van der Waals surface area contributed by atoms with Gasteiger partial charge >= 0.3 is 0 Å². The SMILES string of the molecule is CCNc1cc(Oc2cccc(I)c2)nc(C(C)C)n1. The number of aromatic nitrogens is 2. The second-order valence-electron chi connectivity index (χ2n) is 4.69. The van der Waals surface area contributed by atoms with Crippen LogP contribution in [-0.4, -0.2) is 16.5 Å². The monoisotopic (exact) mass is 383 g/mol. The third-order valence-corrected chi connectivity index (χ3v) is 3.28. The van der Waals surface area contributed by atoms with Gasteiger partial charge in [-0.25, -0.2) is 4.98 Å². The highest BCUT2D eigenvalue weighted by atomic mass is 127. The van der Waals surface area contributed by atoms with Gasteiger partial charge in [0, 0.05) is 22.1 Å². The first kappa shape index (κ1) is 15.0. The average Bonchev–Trinajstić information content (AvgIpc) is 2.38. The van der Waals surface area contributed by atoms with Gasteiger partial charge in [0.2, 0.25) is 5.88 Å². The molecule has 0 amide bonds. The molecule has 106 valence electrons. The van der Waals surface area contributed by atoms with Crippen LogP contribution in [0, 0.1) is 3.57 Å². The predicted octanol–water partition coefficient (Wildman–Crippen LogP) is 4.43. The molecule has 0 fully saturated rings. The Morgan fingerprint density at radius 3 is 2.70 bits per heavy atom. The van der Waals surface area contributed by atoms with Gasteiger partial charge in [-0.1, -0.05) is 19.9 Å². The minimum absolute atomic E-state index is 0.256. The molecule has 1 N–H and O–H groups in total. The summed E-state index contributed by atoms with van der Waals surface area (Å²) in [6.45, 7) is 7.00. The Kier molecular flexibility index (Phi) is 5.17. The van der Waals surface area contributed by atoms with E-state index in [1.807, 2.05) is 37.3 Å². The second kappa shape index (κ2) is 6.88. The fourth-order valence-corrected chi connectivity index (χ4v) is 2.19. The molecule has 0 radical (unpaired) electrons. The minimum atomic E-state index is 0.256. The lowest BCUT2D eigenvalue weighted by atomic mass is 10.2. The number of ether oxygens (including phenoxy) is 1. The van der Waals surface area contributed by atoms with Crippen molar-refractivity contribution in [3.05, 3.63) is 39.7 Å². The maximum atomic E-state index is 5.84. The molecule has 1 aromatic carbocycles. The van der Waals surface area contributed by atoms with E-state index in [1.54, 1.807) is 0 Å². The average molecular weight is 383 g/mol. The molecule has 2 rings (SSSR count). The van der Waals surface area contributed by atoms with Crippen LogP contribution in [0.4, 0.5) is 5.82 Å². The van der Waals surface area contributed by atoms with Gasteiger partial charge in [0.05, 0.1) is 0 Å². The molecule has 0 saturated heterocycles. The van der Waals surface area contributed by atoms with Gasteiger partial charge in [0.1, 0.15) is 17.4 Å². The van der Waals surface area contributed by atoms with Crippen molar-refractivity contribution in [2.75, 3.05) is 11.9 Å². The van der Waals surface area contributed by atoms with E-state index in [4.69, 9.17) is 4.74 Å². The van der Waals surface area contributed by atoms with Crippen LogP contribution < -0.4 is 10.1 Å². The third kappa shape index (κ3) is 4.06. The molecule has 0 atom stereocenters. The normalized spacial score (nSPS) is 10.7. The van der Waals surface area contributed by atoms with Crippen LogP contribution in [0.25, 0.3) is 0 Å². The van der Waals surface area contributed by atoms with Crippen molar-refractivity contribution in [2.45, 2.75) is 26.7 Å². The number of rotatable bonds is 5.